The molecule has 0 aliphatic heterocycles. The predicted molar refractivity (Wildman–Crippen MR) is 70.4 cm³/mol. The van der Waals surface area contributed by atoms with Crippen molar-refractivity contribution in [2.75, 3.05) is 18.0 Å². The fraction of sp³-hybridized carbons (Fsp3) is 0.429. The van der Waals surface area contributed by atoms with Gasteiger partial charge in [-0.25, -0.2) is 0 Å². The largest absolute Gasteiger partial charge is 0.360 e. The molecule has 0 aliphatic rings. The van der Waals surface area contributed by atoms with Crippen LogP contribution in [-0.2, 0) is 0 Å². The zero-order valence-electron chi connectivity index (χ0n) is 10.1. The van der Waals surface area contributed by atoms with Gasteiger partial charge in [0.25, 0.3) is 0 Å². The number of hydrogen-bond donors (Lipinski definition) is 1. The van der Waals surface area contributed by atoms with E-state index in [1.165, 1.54) is 0 Å². The number of nitrogens with two attached hydrogens (primary N) is 1. The van der Waals surface area contributed by atoms with Gasteiger partial charge in [0.15, 0.2) is 0 Å². The zero-order valence-corrected chi connectivity index (χ0v) is 10.1. The van der Waals surface area contributed by atoms with E-state index >= 15 is 0 Å². The maximum atomic E-state index is 5.97. The lowest BCUT2D eigenvalue weighted by Gasteiger charge is -2.25. The Kier molecular flexibility index (Phi) is 4.88. The van der Waals surface area contributed by atoms with Gasteiger partial charge < -0.3 is 10.6 Å². The monoisotopic (exact) mass is 216 g/mol. The molecule has 16 heavy (non-hydrogen) atoms. The molecule has 0 unspecified atom stereocenters. The molecule has 0 fully saturated rings. The Labute approximate surface area is 98.4 Å². The molecule has 1 aromatic rings. The van der Waals surface area contributed by atoms with Crippen molar-refractivity contribution >= 4 is 5.69 Å². The second-order valence-corrected chi connectivity index (χ2v) is 3.97. The second kappa shape index (κ2) is 6.19. The number of nitrogens with zero attached hydrogens (tertiary/aromatic N) is 1. The summed E-state index contributed by atoms with van der Waals surface area (Å²) in [4.78, 5) is 2.21. The van der Waals surface area contributed by atoms with E-state index in [1.54, 1.807) is 0 Å². The Morgan fingerprint density at radius 2 is 2.12 bits per heavy atom. The lowest BCUT2D eigenvalue weighted by molar-refractivity contribution is 0.778. The Balaban J connectivity index is 3.03. The summed E-state index contributed by atoms with van der Waals surface area (Å²) < 4.78 is 0. The Morgan fingerprint density at radius 3 is 2.69 bits per heavy atom. The molecule has 0 bridgehead atoms. The van der Waals surface area contributed by atoms with E-state index in [0.717, 1.165) is 24.2 Å². The second-order valence-electron chi connectivity index (χ2n) is 3.97. The van der Waals surface area contributed by atoms with Crippen molar-refractivity contribution in [1.29, 1.82) is 0 Å². The molecule has 0 radical (unpaired) electrons. The molecule has 0 heterocycles. The minimum Gasteiger partial charge on any atom is -0.360 e. The molecule has 2 N–H and O–H groups in total. The first kappa shape index (κ1) is 12.6. The van der Waals surface area contributed by atoms with Crippen LogP contribution >= 0.6 is 0 Å². The first-order valence-electron chi connectivity index (χ1n) is 5.73. The summed E-state index contributed by atoms with van der Waals surface area (Å²) in [6, 6.07) is 8.24. The van der Waals surface area contributed by atoms with Crippen molar-refractivity contribution in [2.24, 2.45) is 5.73 Å². The number of terminal acetylenes is 1. The highest BCUT2D eigenvalue weighted by Gasteiger charge is 2.11. The van der Waals surface area contributed by atoms with E-state index in [2.05, 4.69) is 29.9 Å². The first-order valence-corrected chi connectivity index (χ1v) is 5.73. The van der Waals surface area contributed by atoms with E-state index in [1.807, 2.05) is 19.1 Å². The number of benzene rings is 1. The highest BCUT2D eigenvalue weighted by molar-refractivity contribution is 5.55. The maximum absolute atomic E-state index is 5.97. The predicted octanol–water partition coefficient (Wildman–Crippen LogP) is 2.56. The van der Waals surface area contributed by atoms with Gasteiger partial charge in [0.2, 0.25) is 0 Å². The molecule has 0 spiro atoms. The van der Waals surface area contributed by atoms with Crippen molar-refractivity contribution in [3.8, 4) is 12.3 Å². The maximum Gasteiger partial charge on any atom is 0.0791 e. The zero-order chi connectivity index (χ0) is 12.0. The minimum absolute atomic E-state index is 0.0355. The highest BCUT2D eigenvalue weighted by Crippen LogP contribution is 2.24. The summed E-state index contributed by atoms with van der Waals surface area (Å²) in [5.41, 5.74) is 8.29. The van der Waals surface area contributed by atoms with E-state index < -0.39 is 0 Å². The smallest absolute Gasteiger partial charge is 0.0791 e. The SMILES string of the molecule is C#CCN(CCC)c1ccccc1[C@H](C)N. The van der Waals surface area contributed by atoms with Gasteiger partial charge in [-0.15, -0.1) is 6.42 Å². The summed E-state index contributed by atoms with van der Waals surface area (Å²) >= 11 is 0. The molecule has 0 aliphatic carbocycles. The summed E-state index contributed by atoms with van der Waals surface area (Å²) in [5.74, 6) is 2.70. The van der Waals surface area contributed by atoms with E-state index in [9.17, 15) is 0 Å². The lowest BCUT2D eigenvalue weighted by atomic mass is 10.1. The molecule has 1 rings (SSSR count). The molecular weight excluding hydrogens is 196 g/mol. The molecular formula is C14H20N2. The summed E-state index contributed by atoms with van der Waals surface area (Å²) in [7, 11) is 0. The van der Waals surface area contributed by atoms with E-state index in [-0.39, 0.29) is 6.04 Å². The van der Waals surface area contributed by atoms with Gasteiger partial charge in [-0.1, -0.05) is 31.0 Å². The van der Waals surface area contributed by atoms with Gasteiger partial charge in [-0.2, -0.15) is 0 Å². The Bertz CT molecular complexity index is 363. The van der Waals surface area contributed by atoms with Crippen LogP contribution in [-0.4, -0.2) is 13.1 Å². The molecule has 2 heteroatoms. The van der Waals surface area contributed by atoms with Crippen molar-refractivity contribution < 1.29 is 0 Å². The number of hydrogen-bond acceptors (Lipinski definition) is 2. The average molecular weight is 216 g/mol. The van der Waals surface area contributed by atoms with Crippen LogP contribution in [0.4, 0.5) is 5.69 Å². The van der Waals surface area contributed by atoms with Gasteiger partial charge in [0, 0.05) is 18.3 Å². The standard InChI is InChI=1S/C14H20N2/c1-4-10-16(11-5-2)14-9-7-6-8-13(14)12(3)15/h1,6-9,12H,5,10-11,15H2,2-3H3/t12-/m0/s1. The van der Waals surface area contributed by atoms with Crippen LogP contribution in [0.3, 0.4) is 0 Å². The van der Waals surface area contributed by atoms with Crippen LogP contribution in [0, 0.1) is 12.3 Å². The average Bonchev–Trinajstić information content (AvgIpc) is 2.29. The molecule has 86 valence electrons. The topological polar surface area (TPSA) is 29.3 Å². The van der Waals surface area contributed by atoms with Crippen LogP contribution in [0.5, 0.6) is 0 Å². The van der Waals surface area contributed by atoms with Crippen LogP contribution in [0.15, 0.2) is 24.3 Å². The van der Waals surface area contributed by atoms with Crippen LogP contribution < -0.4 is 10.6 Å². The third kappa shape index (κ3) is 3.01. The molecule has 2 nitrogen and oxygen atoms in total. The number of anilines is 1. The van der Waals surface area contributed by atoms with Gasteiger partial charge >= 0.3 is 0 Å². The minimum atomic E-state index is 0.0355. The van der Waals surface area contributed by atoms with Gasteiger partial charge in [0.1, 0.15) is 0 Å². The van der Waals surface area contributed by atoms with Gasteiger partial charge in [-0.3, -0.25) is 0 Å². The summed E-state index contributed by atoms with van der Waals surface area (Å²) in [6.45, 7) is 5.75. The molecule has 0 saturated heterocycles. The van der Waals surface area contributed by atoms with E-state index in [4.69, 9.17) is 12.2 Å². The fourth-order valence-electron chi connectivity index (χ4n) is 1.83. The summed E-state index contributed by atoms with van der Waals surface area (Å²) in [5, 5.41) is 0. The molecule has 0 saturated carbocycles. The number of rotatable bonds is 5. The van der Waals surface area contributed by atoms with Crippen molar-refractivity contribution in [2.45, 2.75) is 26.3 Å². The van der Waals surface area contributed by atoms with Crippen LogP contribution in [0.25, 0.3) is 0 Å². The van der Waals surface area contributed by atoms with Crippen LogP contribution in [0.1, 0.15) is 31.9 Å². The fourth-order valence-corrected chi connectivity index (χ4v) is 1.83. The molecule has 1 aromatic carbocycles. The molecule has 0 amide bonds. The third-order valence-corrected chi connectivity index (χ3v) is 2.54. The van der Waals surface area contributed by atoms with Gasteiger partial charge in [-0.05, 0) is 25.0 Å². The normalized spacial score (nSPS) is 11.9. The Hall–Kier alpha value is -1.46. The van der Waals surface area contributed by atoms with Crippen molar-refractivity contribution in [3.63, 3.8) is 0 Å². The van der Waals surface area contributed by atoms with E-state index in [0.29, 0.717) is 6.54 Å². The number of para-hydroxylation sites is 1. The van der Waals surface area contributed by atoms with Crippen molar-refractivity contribution in [3.05, 3.63) is 29.8 Å². The lowest BCUT2D eigenvalue weighted by Crippen LogP contribution is -2.26. The summed E-state index contributed by atoms with van der Waals surface area (Å²) in [6.07, 6.45) is 6.48. The highest BCUT2D eigenvalue weighted by atomic mass is 15.1. The third-order valence-electron chi connectivity index (χ3n) is 2.54. The molecule has 0 aromatic heterocycles. The first-order chi connectivity index (χ1) is 7.70. The molecule has 1 atom stereocenters. The Morgan fingerprint density at radius 1 is 1.44 bits per heavy atom. The quantitative estimate of drug-likeness (QED) is 0.766. The van der Waals surface area contributed by atoms with Crippen LogP contribution in [0.2, 0.25) is 0 Å². The van der Waals surface area contributed by atoms with Crippen molar-refractivity contribution in [1.82, 2.24) is 0 Å². The van der Waals surface area contributed by atoms with Gasteiger partial charge in [0.05, 0.1) is 6.54 Å².